The van der Waals surface area contributed by atoms with Gasteiger partial charge < -0.3 is 15.1 Å². The number of rotatable bonds is 5. The molecule has 2 bridgehead atoms. The minimum atomic E-state index is -0.496. The van der Waals surface area contributed by atoms with Gasteiger partial charge >= 0.3 is 0 Å². The molecule has 5 nitrogen and oxygen atoms in total. The highest BCUT2D eigenvalue weighted by Gasteiger charge is 2.50. The number of nitrogens with one attached hydrogen (secondary N) is 2. The molecule has 1 saturated carbocycles. The molecule has 2 aliphatic heterocycles. The van der Waals surface area contributed by atoms with Crippen molar-refractivity contribution in [1.29, 1.82) is 0 Å². The number of benzene rings is 1. The molecule has 3 heterocycles. The van der Waals surface area contributed by atoms with Gasteiger partial charge in [0.1, 0.15) is 17.4 Å². The summed E-state index contributed by atoms with van der Waals surface area (Å²) >= 11 is 0. The molecule has 0 spiro atoms. The summed E-state index contributed by atoms with van der Waals surface area (Å²) in [5.74, 6) is -0.00304. The lowest BCUT2D eigenvalue weighted by Crippen LogP contribution is -2.36. The number of nitrogens with zero attached hydrogens (tertiary/aromatic N) is 1. The van der Waals surface area contributed by atoms with Crippen LogP contribution in [0, 0.1) is 17.6 Å². The SMILES string of the molecule is O=C(NCCc1cc(F)ccc1F)c1ncoc1C1C2CNC1C2. The second-order valence-corrected chi connectivity index (χ2v) is 6.34. The van der Waals surface area contributed by atoms with Crippen LogP contribution in [-0.2, 0) is 6.42 Å². The third-order valence-electron chi connectivity index (χ3n) is 4.94. The highest BCUT2D eigenvalue weighted by atomic mass is 19.1. The molecule has 24 heavy (non-hydrogen) atoms. The number of halogens is 2. The quantitative estimate of drug-likeness (QED) is 0.878. The zero-order valence-electron chi connectivity index (χ0n) is 12.9. The van der Waals surface area contributed by atoms with E-state index in [0.29, 0.717) is 17.7 Å². The molecular formula is C17H17F2N3O2. The van der Waals surface area contributed by atoms with E-state index in [0.717, 1.165) is 31.2 Å². The number of fused-ring (bicyclic) bond motifs is 1. The van der Waals surface area contributed by atoms with E-state index in [4.69, 9.17) is 4.42 Å². The second-order valence-electron chi connectivity index (χ2n) is 6.34. The van der Waals surface area contributed by atoms with Crippen molar-refractivity contribution >= 4 is 5.91 Å². The molecule has 1 amide bonds. The lowest BCUT2D eigenvalue weighted by Gasteiger charge is -2.32. The third kappa shape index (κ3) is 2.58. The van der Waals surface area contributed by atoms with Gasteiger partial charge in [-0.3, -0.25) is 4.79 Å². The van der Waals surface area contributed by atoms with Gasteiger partial charge in [-0.15, -0.1) is 0 Å². The Hall–Kier alpha value is -2.28. The number of hydrogen-bond acceptors (Lipinski definition) is 4. The summed E-state index contributed by atoms with van der Waals surface area (Å²) < 4.78 is 32.2. The van der Waals surface area contributed by atoms with Crippen LogP contribution in [0.3, 0.4) is 0 Å². The minimum Gasteiger partial charge on any atom is -0.447 e. The Morgan fingerprint density at radius 3 is 3.04 bits per heavy atom. The molecule has 3 unspecified atom stereocenters. The first-order valence-corrected chi connectivity index (χ1v) is 8.02. The van der Waals surface area contributed by atoms with Gasteiger partial charge in [-0.25, -0.2) is 13.8 Å². The van der Waals surface area contributed by atoms with Crippen molar-refractivity contribution in [3.8, 4) is 0 Å². The van der Waals surface area contributed by atoms with Crippen molar-refractivity contribution in [2.75, 3.05) is 13.1 Å². The van der Waals surface area contributed by atoms with Crippen LogP contribution in [0.15, 0.2) is 29.0 Å². The van der Waals surface area contributed by atoms with E-state index in [9.17, 15) is 13.6 Å². The average Bonchev–Trinajstić information content (AvgIpc) is 3.26. The maximum atomic E-state index is 13.6. The van der Waals surface area contributed by atoms with E-state index in [1.807, 2.05) is 0 Å². The van der Waals surface area contributed by atoms with Crippen molar-refractivity contribution in [3.63, 3.8) is 0 Å². The van der Waals surface area contributed by atoms with Crippen molar-refractivity contribution in [2.45, 2.75) is 24.8 Å². The summed E-state index contributed by atoms with van der Waals surface area (Å²) in [6.45, 7) is 1.14. The standard InChI is InChI=1S/C17H17F2N3O2/c18-11-1-2-12(19)9(5-11)3-4-20-17(23)15-16(24-8-22-15)14-10-6-13(14)21-7-10/h1-2,5,8,10,13-14,21H,3-4,6-7H2,(H,20,23). The predicted octanol–water partition coefficient (Wildman–Crippen LogP) is 2.00. The molecule has 3 atom stereocenters. The zero-order valence-corrected chi connectivity index (χ0v) is 12.9. The Labute approximate surface area is 137 Å². The van der Waals surface area contributed by atoms with Crippen LogP contribution in [-0.4, -0.2) is 30.0 Å². The Kier molecular flexibility index (Phi) is 3.80. The Balaban J connectivity index is 1.39. The van der Waals surface area contributed by atoms with Crippen molar-refractivity contribution in [3.05, 3.63) is 53.2 Å². The fourth-order valence-electron chi connectivity index (χ4n) is 3.66. The number of hydrogen-bond donors (Lipinski definition) is 2. The second kappa shape index (κ2) is 5.98. The van der Waals surface area contributed by atoms with Crippen molar-refractivity contribution < 1.29 is 18.0 Å². The predicted molar refractivity (Wildman–Crippen MR) is 81.5 cm³/mol. The van der Waals surface area contributed by atoms with Gasteiger partial charge in [-0.2, -0.15) is 0 Å². The molecule has 7 heteroatoms. The van der Waals surface area contributed by atoms with Gasteiger partial charge in [0.05, 0.1) is 0 Å². The summed E-state index contributed by atoms with van der Waals surface area (Å²) in [6, 6.07) is 3.65. The molecule has 1 aromatic heterocycles. The number of oxazole rings is 1. The number of aromatic nitrogens is 1. The molecule has 5 rings (SSSR count). The lowest BCUT2D eigenvalue weighted by atomic mass is 9.72. The smallest absolute Gasteiger partial charge is 0.273 e. The van der Waals surface area contributed by atoms with Crippen LogP contribution in [0.5, 0.6) is 0 Å². The van der Waals surface area contributed by atoms with Crippen LogP contribution >= 0.6 is 0 Å². The van der Waals surface area contributed by atoms with Crippen LogP contribution in [0.4, 0.5) is 8.78 Å². The Morgan fingerprint density at radius 2 is 2.29 bits per heavy atom. The summed E-state index contributed by atoms with van der Waals surface area (Å²) in [5, 5.41) is 6.08. The molecular weight excluding hydrogens is 316 g/mol. The number of amides is 1. The normalized spacial score (nSPS) is 24.7. The molecule has 3 aliphatic rings. The first kappa shape index (κ1) is 15.3. The van der Waals surface area contributed by atoms with E-state index < -0.39 is 11.6 Å². The number of carbonyl (C=O) groups excluding carboxylic acids is 1. The maximum Gasteiger partial charge on any atom is 0.273 e. The lowest BCUT2D eigenvalue weighted by molar-refractivity contribution is 0.0944. The molecule has 3 fully saturated rings. The molecule has 126 valence electrons. The van der Waals surface area contributed by atoms with E-state index in [1.165, 1.54) is 6.39 Å². The fourth-order valence-corrected chi connectivity index (χ4v) is 3.66. The highest BCUT2D eigenvalue weighted by Crippen LogP contribution is 2.47. The Morgan fingerprint density at radius 1 is 1.42 bits per heavy atom. The maximum absolute atomic E-state index is 13.6. The summed E-state index contributed by atoms with van der Waals surface area (Å²) in [5.41, 5.74) is 0.523. The molecule has 1 aliphatic carbocycles. The largest absolute Gasteiger partial charge is 0.447 e. The molecule has 1 aromatic carbocycles. The minimum absolute atomic E-state index is 0.196. The summed E-state index contributed by atoms with van der Waals surface area (Å²) in [7, 11) is 0. The molecule has 0 radical (unpaired) electrons. The van der Waals surface area contributed by atoms with E-state index >= 15 is 0 Å². The molecule has 2 saturated heterocycles. The van der Waals surface area contributed by atoms with Crippen LogP contribution in [0.1, 0.15) is 34.2 Å². The first-order chi connectivity index (χ1) is 11.6. The van der Waals surface area contributed by atoms with Crippen LogP contribution < -0.4 is 10.6 Å². The van der Waals surface area contributed by atoms with Crippen molar-refractivity contribution in [2.24, 2.45) is 5.92 Å². The van der Waals surface area contributed by atoms with Gasteiger partial charge in [0.15, 0.2) is 12.1 Å². The Bertz CT molecular complexity index is 763. The van der Waals surface area contributed by atoms with Crippen LogP contribution in [0.25, 0.3) is 0 Å². The van der Waals surface area contributed by atoms with E-state index in [-0.39, 0.29) is 36.0 Å². The summed E-state index contributed by atoms with van der Waals surface area (Å²) in [4.78, 5) is 16.4. The summed E-state index contributed by atoms with van der Waals surface area (Å²) in [6.07, 6.45) is 2.60. The van der Waals surface area contributed by atoms with Gasteiger partial charge in [-0.1, -0.05) is 0 Å². The van der Waals surface area contributed by atoms with Crippen LogP contribution in [0.2, 0.25) is 0 Å². The molecule has 2 aromatic rings. The van der Waals surface area contributed by atoms with Gasteiger partial charge in [0.25, 0.3) is 5.91 Å². The van der Waals surface area contributed by atoms with Gasteiger partial charge in [0, 0.05) is 18.5 Å². The van der Waals surface area contributed by atoms with E-state index in [1.54, 1.807) is 0 Å². The zero-order chi connectivity index (χ0) is 16.7. The monoisotopic (exact) mass is 333 g/mol. The number of carbonyl (C=O) groups is 1. The van der Waals surface area contributed by atoms with Crippen molar-refractivity contribution in [1.82, 2.24) is 15.6 Å². The molecule has 2 N–H and O–H groups in total. The van der Waals surface area contributed by atoms with E-state index in [2.05, 4.69) is 15.6 Å². The topological polar surface area (TPSA) is 67.2 Å². The fraction of sp³-hybridized carbons (Fsp3) is 0.412. The highest BCUT2D eigenvalue weighted by molar-refractivity contribution is 5.93. The van der Waals surface area contributed by atoms with Gasteiger partial charge in [0.2, 0.25) is 0 Å². The van der Waals surface area contributed by atoms with Gasteiger partial charge in [-0.05, 0) is 49.1 Å². The average molecular weight is 333 g/mol. The third-order valence-corrected chi connectivity index (χ3v) is 4.94. The first-order valence-electron chi connectivity index (χ1n) is 8.02.